The number of benzene rings is 1. The van der Waals surface area contributed by atoms with Crippen LogP contribution in [0, 0.1) is 12.8 Å². The molecule has 0 atom stereocenters. The number of aryl methyl sites for hydroxylation is 1. The van der Waals surface area contributed by atoms with Gasteiger partial charge in [-0.15, -0.1) is 11.3 Å². The monoisotopic (exact) mass is 343 g/mol. The number of anilines is 1. The normalized spacial score (nSPS) is 14.6. The lowest BCUT2D eigenvalue weighted by Gasteiger charge is -2.11. The topological polar surface area (TPSA) is 55.4 Å². The molecular formula is C19H21NO3S. The molecule has 1 aliphatic rings. The largest absolute Gasteiger partial charge is 0.465 e. The molecule has 0 saturated heterocycles. The van der Waals surface area contributed by atoms with Crippen molar-refractivity contribution in [1.82, 2.24) is 0 Å². The number of nitrogens with one attached hydrogen (secondary N) is 1. The molecule has 1 aromatic heterocycles. The molecule has 1 aliphatic carbocycles. The van der Waals surface area contributed by atoms with Gasteiger partial charge in [-0.1, -0.05) is 42.7 Å². The molecule has 1 aromatic carbocycles. The van der Waals surface area contributed by atoms with Crippen molar-refractivity contribution in [2.24, 2.45) is 5.92 Å². The summed E-state index contributed by atoms with van der Waals surface area (Å²) >= 11 is 1.37. The minimum atomic E-state index is -0.423. The van der Waals surface area contributed by atoms with Gasteiger partial charge in [-0.05, 0) is 25.3 Å². The number of ether oxygens (including phenoxy) is 1. The Morgan fingerprint density at radius 1 is 1.17 bits per heavy atom. The van der Waals surface area contributed by atoms with Crippen LogP contribution in [0.1, 0.15) is 41.6 Å². The van der Waals surface area contributed by atoms with Crippen molar-refractivity contribution in [3.8, 4) is 11.1 Å². The van der Waals surface area contributed by atoms with E-state index in [4.69, 9.17) is 4.74 Å². The molecule has 1 heterocycles. The quantitative estimate of drug-likeness (QED) is 0.823. The van der Waals surface area contributed by atoms with Crippen LogP contribution in [-0.2, 0) is 9.53 Å². The van der Waals surface area contributed by atoms with E-state index in [1.54, 1.807) is 0 Å². The van der Waals surface area contributed by atoms with Crippen LogP contribution in [0.25, 0.3) is 11.1 Å². The summed E-state index contributed by atoms with van der Waals surface area (Å²) in [4.78, 5) is 24.7. The molecule has 5 heteroatoms. The van der Waals surface area contributed by atoms with Gasteiger partial charge in [-0.2, -0.15) is 0 Å². The van der Waals surface area contributed by atoms with Crippen molar-refractivity contribution in [3.63, 3.8) is 0 Å². The molecule has 2 aromatic rings. The van der Waals surface area contributed by atoms with Crippen molar-refractivity contribution in [3.05, 3.63) is 40.8 Å². The van der Waals surface area contributed by atoms with Crippen molar-refractivity contribution < 1.29 is 14.3 Å². The highest BCUT2D eigenvalue weighted by atomic mass is 32.1. The minimum Gasteiger partial charge on any atom is -0.465 e. The Hall–Kier alpha value is -2.14. The zero-order valence-corrected chi connectivity index (χ0v) is 14.7. The van der Waals surface area contributed by atoms with Crippen LogP contribution < -0.4 is 5.32 Å². The van der Waals surface area contributed by atoms with Gasteiger partial charge in [0.1, 0.15) is 10.6 Å². The van der Waals surface area contributed by atoms with Crippen molar-refractivity contribution in [2.45, 2.75) is 32.6 Å². The number of amides is 1. The minimum absolute atomic E-state index is 0.00922. The second kappa shape index (κ2) is 7.18. The number of rotatable bonds is 4. The van der Waals surface area contributed by atoms with E-state index in [-0.39, 0.29) is 11.8 Å². The molecule has 3 rings (SSSR count). The second-order valence-corrected chi connectivity index (χ2v) is 7.06. The summed E-state index contributed by atoms with van der Waals surface area (Å²) in [5.41, 5.74) is 3.34. The number of hydrogen-bond acceptors (Lipinski definition) is 4. The molecule has 0 aliphatic heterocycles. The van der Waals surface area contributed by atoms with Gasteiger partial charge < -0.3 is 10.1 Å². The van der Waals surface area contributed by atoms with Crippen LogP contribution in [0.3, 0.4) is 0 Å². The van der Waals surface area contributed by atoms with E-state index in [9.17, 15) is 9.59 Å². The van der Waals surface area contributed by atoms with Gasteiger partial charge in [0.25, 0.3) is 0 Å². The number of carbonyl (C=O) groups excluding carboxylic acids is 2. The molecule has 0 unspecified atom stereocenters. The van der Waals surface area contributed by atoms with E-state index >= 15 is 0 Å². The zero-order valence-electron chi connectivity index (χ0n) is 13.9. The molecule has 126 valence electrons. The average molecular weight is 343 g/mol. The predicted octanol–water partition coefficient (Wildman–Crippen LogP) is 4.64. The summed E-state index contributed by atoms with van der Waals surface area (Å²) in [6.07, 6.45) is 4.05. The maximum Gasteiger partial charge on any atom is 0.341 e. The lowest BCUT2D eigenvalue weighted by molar-refractivity contribution is -0.119. The predicted molar refractivity (Wildman–Crippen MR) is 96.4 cm³/mol. The Bertz CT molecular complexity index is 742. The standard InChI is InChI=1S/C19H21NO3S/c1-12-7-9-13(10-8-12)15-11-24-18(16(15)19(22)23-2)20-17(21)14-5-3-4-6-14/h7-11,14H,3-6H2,1-2H3,(H,20,21). The maximum absolute atomic E-state index is 12.4. The van der Waals surface area contributed by atoms with Gasteiger partial charge in [0, 0.05) is 16.9 Å². The molecule has 24 heavy (non-hydrogen) atoms. The maximum atomic E-state index is 12.4. The average Bonchev–Trinajstić information content (AvgIpc) is 3.24. The molecular weight excluding hydrogens is 322 g/mol. The first-order valence-electron chi connectivity index (χ1n) is 8.18. The molecule has 1 N–H and O–H groups in total. The van der Waals surface area contributed by atoms with Crippen molar-refractivity contribution in [1.29, 1.82) is 0 Å². The van der Waals surface area contributed by atoms with Crippen LogP contribution >= 0.6 is 11.3 Å². The second-order valence-electron chi connectivity index (χ2n) is 6.18. The molecule has 0 spiro atoms. The Morgan fingerprint density at radius 3 is 2.46 bits per heavy atom. The van der Waals surface area contributed by atoms with E-state index in [2.05, 4.69) is 5.32 Å². The van der Waals surface area contributed by atoms with Crippen LogP contribution in [0.2, 0.25) is 0 Å². The molecule has 0 bridgehead atoms. The number of carbonyl (C=O) groups is 2. The summed E-state index contributed by atoms with van der Waals surface area (Å²) in [6.45, 7) is 2.02. The smallest absolute Gasteiger partial charge is 0.341 e. The zero-order chi connectivity index (χ0) is 17.1. The fourth-order valence-electron chi connectivity index (χ4n) is 3.10. The van der Waals surface area contributed by atoms with E-state index in [1.165, 1.54) is 18.4 Å². The molecule has 4 nitrogen and oxygen atoms in total. The van der Waals surface area contributed by atoms with E-state index in [1.807, 2.05) is 36.6 Å². The van der Waals surface area contributed by atoms with Crippen LogP contribution in [0.4, 0.5) is 5.00 Å². The Balaban J connectivity index is 1.93. The van der Waals surface area contributed by atoms with Gasteiger partial charge in [0.15, 0.2) is 0 Å². The third-order valence-electron chi connectivity index (χ3n) is 4.51. The Labute approximate surface area is 145 Å². The summed E-state index contributed by atoms with van der Waals surface area (Å²) < 4.78 is 4.94. The third-order valence-corrected chi connectivity index (χ3v) is 5.40. The number of methoxy groups -OCH3 is 1. The molecule has 1 fully saturated rings. The highest BCUT2D eigenvalue weighted by Crippen LogP contribution is 2.37. The summed E-state index contributed by atoms with van der Waals surface area (Å²) in [7, 11) is 1.36. The number of hydrogen-bond donors (Lipinski definition) is 1. The summed E-state index contributed by atoms with van der Waals surface area (Å²) in [5.74, 6) is -0.357. The highest BCUT2D eigenvalue weighted by Gasteiger charge is 2.26. The summed E-state index contributed by atoms with van der Waals surface area (Å²) in [5, 5.41) is 5.43. The van der Waals surface area contributed by atoms with Gasteiger partial charge in [0.05, 0.1) is 7.11 Å². The van der Waals surface area contributed by atoms with Crippen LogP contribution in [0.5, 0.6) is 0 Å². The first-order valence-corrected chi connectivity index (χ1v) is 9.06. The molecule has 1 saturated carbocycles. The fourth-order valence-corrected chi connectivity index (χ4v) is 4.06. The van der Waals surface area contributed by atoms with Gasteiger partial charge in [0.2, 0.25) is 5.91 Å². The lowest BCUT2D eigenvalue weighted by atomic mass is 10.0. The van der Waals surface area contributed by atoms with Crippen molar-refractivity contribution in [2.75, 3.05) is 12.4 Å². The summed E-state index contributed by atoms with van der Waals surface area (Å²) in [6, 6.07) is 7.97. The van der Waals surface area contributed by atoms with Crippen LogP contribution in [0.15, 0.2) is 29.6 Å². The first kappa shape index (κ1) is 16.7. The first-order chi connectivity index (χ1) is 11.6. The van der Waals surface area contributed by atoms with Gasteiger partial charge in [-0.25, -0.2) is 4.79 Å². The van der Waals surface area contributed by atoms with E-state index in [0.29, 0.717) is 10.6 Å². The number of esters is 1. The number of thiophene rings is 1. The Morgan fingerprint density at radius 2 is 1.83 bits per heavy atom. The Kier molecular flexibility index (Phi) is 5.00. The molecule has 1 amide bonds. The molecule has 0 radical (unpaired) electrons. The van der Waals surface area contributed by atoms with E-state index in [0.717, 1.165) is 42.4 Å². The lowest BCUT2D eigenvalue weighted by Crippen LogP contribution is -2.21. The fraction of sp³-hybridized carbons (Fsp3) is 0.368. The van der Waals surface area contributed by atoms with E-state index < -0.39 is 5.97 Å². The highest BCUT2D eigenvalue weighted by molar-refractivity contribution is 7.15. The SMILES string of the molecule is COC(=O)c1c(-c2ccc(C)cc2)csc1NC(=O)C1CCCC1. The third kappa shape index (κ3) is 3.36. The van der Waals surface area contributed by atoms with Crippen LogP contribution in [-0.4, -0.2) is 19.0 Å². The van der Waals surface area contributed by atoms with Gasteiger partial charge in [-0.3, -0.25) is 4.79 Å². The van der Waals surface area contributed by atoms with Crippen molar-refractivity contribution >= 4 is 28.2 Å². The van der Waals surface area contributed by atoms with Gasteiger partial charge >= 0.3 is 5.97 Å².